The molecule has 0 aliphatic heterocycles. The van der Waals surface area contributed by atoms with Crippen LogP contribution in [0.5, 0.6) is 0 Å². The lowest BCUT2D eigenvalue weighted by molar-refractivity contribution is -0.118. The molecule has 0 spiro atoms. The van der Waals surface area contributed by atoms with Gasteiger partial charge in [-0.3, -0.25) is 4.79 Å². The highest BCUT2D eigenvalue weighted by molar-refractivity contribution is 5.94. The van der Waals surface area contributed by atoms with Gasteiger partial charge in [-0.1, -0.05) is 19.1 Å². The first-order valence-electron chi connectivity index (χ1n) is 6.37. The quantitative estimate of drug-likeness (QED) is 0.847. The van der Waals surface area contributed by atoms with Gasteiger partial charge in [-0.25, -0.2) is 0 Å². The van der Waals surface area contributed by atoms with Crippen LogP contribution in [0.25, 0.3) is 0 Å². The summed E-state index contributed by atoms with van der Waals surface area (Å²) in [6, 6.07) is 8.45. The molecule has 1 aliphatic rings. The Morgan fingerprint density at radius 2 is 2.00 bits per heavy atom. The number of amides is 1. The van der Waals surface area contributed by atoms with Crippen molar-refractivity contribution in [1.82, 2.24) is 0 Å². The number of nitrogens with two attached hydrogens (primary N) is 1. The molecule has 0 heterocycles. The van der Waals surface area contributed by atoms with Gasteiger partial charge in [0.25, 0.3) is 0 Å². The molecule has 1 saturated carbocycles. The van der Waals surface area contributed by atoms with Crippen molar-refractivity contribution >= 4 is 11.6 Å². The summed E-state index contributed by atoms with van der Waals surface area (Å²) in [5.74, 6) is 0.246. The zero-order valence-corrected chi connectivity index (χ0v) is 10.4. The van der Waals surface area contributed by atoms with E-state index in [1.807, 2.05) is 36.1 Å². The lowest BCUT2D eigenvalue weighted by Crippen LogP contribution is -2.32. The SMILES string of the molecule is CCCC(=O)N(c1ccc(CN)cc1)C1CC1. The Balaban J connectivity index is 2.16. The average Bonchev–Trinajstić information content (AvgIpc) is 3.15. The molecule has 17 heavy (non-hydrogen) atoms. The minimum absolute atomic E-state index is 0.246. The van der Waals surface area contributed by atoms with Crippen LogP contribution in [-0.4, -0.2) is 11.9 Å². The molecule has 0 radical (unpaired) electrons. The summed E-state index contributed by atoms with van der Waals surface area (Å²) in [5.41, 5.74) is 7.70. The van der Waals surface area contributed by atoms with Gasteiger partial charge in [-0.15, -0.1) is 0 Å². The zero-order chi connectivity index (χ0) is 12.3. The standard InChI is InChI=1S/C14H20N2O/c1-2-3-14(17)16(13-8-9-13)12-6-4-11(10-15)5-7-12/h4-7,13H,2-3,8-10,15H2,1H3. The molecule has 1 aromatic carbocycles. The summed E-state index contributed by atoms with van der Waals surface area (Å²) in [6.45, 7) is 2.59. The Kier molecular flexibility index (Phi) is 3.79. The lowest BCUT2D eigenvalue weighted by Gasteiger charge is -2.22. The number of nitrogens with zero attached hydrogens (tertiary/aromatic N) is 1. The van der Waals surface area contributed by atoms with Crippen molar-refractivity contribution in [3.05, 3.63) is 29.8 Å². The number of hydrogen-bond acceptors (Lipinski definition) is 2. The van der Waals surface area contributed by atoms with Gasteiger partial charge in [0.2, 0.25) is 5.91 Å². The van der Waals surface area contributed by atoms with Crippen molar-refractivity contribution in [2.45, 2.75) is 45.2 Å². The van der Waals surface area contributed by atoms with E-state index in [0.29, 0.717) is 19.0 Å². The van der Waals surface area contributed by atoms with E-state index >= 15 is 0 Å². The van der Waals surface area contributed by atoms with E-state index in [1.54, 1.807) is 0 Å². The van der Waals surface area contributed by atoms with Crippen molar-refractivity contribution in [3.63, 3.8) is 0 Å². The highest BCUT2D eigenvalue weighted by atomic mass is 16.2. The molecule has 0 bridgehead atoms. The number of rotatable bonds is 5. The van der Waals surface area contributed by atoms with Gasteiger partial charge in [-0.2, -0.15) is 0 Å². The first-order valence-corrected chi connectivity index (χ1v) is 6.37. The second-order valence-corrected chi connectivity index (χ2v) is 4.62. The summed E-state index contributed by atoms with van der Waals surface area (Å²) < 4.78 is 0. The topological polar surface area (TPSA) is 46.3 Å². The summed E-state index contributed by atoms with van der Waals surface area (Å²) >= 11 is 0. The van der Waals surface area contributed by atoms with E-state index in [-0.39, 0.29) is 5.91 Å². The first-order chi connectivity index (χ1) is 8.26. The Hall–Kier alpha value is -1.35. The molecule has 3 heteroatoms. The van der Waals surface area contributed by atoms with Gasteiger partial charge >= 0.3 is 0 Å². The second-order valence-electron chi connectivity index (χ2n) is 4.62. The molecule has 1 amide bonds. The molecule has 0 aromatic heterocycles. The number of carbonyl (C=O) groups is 1. The van der Waals surface area contributed by atoms with Gasteiger partial charge in [0, 0.05) is 24.7 Å². The highest BCUT2D eigenvalue weighted by Gasteiger charge is 2.32. The fraction of sp³-hybridized carbons (Fsp3) is 0.500. The lowest BCUT2D eigenvalue weighted by atomic mass is 10.2. The third-order valence-electron chi connectivity index (χ3n) is 3.09. The predicted molar refractivity (Wildman–Crippen MR) is 69.7 cm³/mol. The number of anilines is 1. The molecule has 1 aromatic rings. The third-order valence-corrected chi connectivity index (χ3v) is 3.09. The van der Waals surface area contributed by atoms with Crippen LogP contribution in [0.2, 0.25) is 0 Å². The number of carbonyl (C=O) groups excluding carboxylic acids is 1. The fourth-order valence-electron chi connectivity index (χ4n) is 2.02. The van der Waals surface area contributed by atoms with E-state index in [0.717, 1.165) is 30.5 Å². The predicted octanol–water partition coefficient (Wildman–Crippen LogP) is 2.44. The van der Waals surface area contributed by atoms with Gasteiger partial charge in [0.1, 0.15) is 0 Å². The molecule has 0 saturated heterocycles. The van der Waals surface area contributed by atoms with Crippen molar-refractivity contribution in [2.75, 3.05) is 4.90 Å². The molecule has 3 nitrogen and oxygen atoms in total. The molecule has 92 valence electrons. The molecule has 2 N–H and O–H groups in total. The largest absolute Gasteiger partial charge is 0.326 e. The summed E-state index contributed by atoms with van der Waals surface area (Å²) in [5, 5.41) is 0. The van der Waals surface area contributed by atoms with Crippen LogP contribution in [-0.2, 0) is 11.3 Å². The maximum absolute atomic E-state index is 12.1. The van der Waals surface area contributed by atoms with Gasteiger partial charge in [0.15, 0.2) is 0 Å². The van der Waals surface area contributed by atoms with E-state index in [9.17, 15) is 4.79 Å². The Morgan fingerprint density at radius 1 is 1.35 bits per heavy atom. The van der Waals surface area contributed by atoms with Gasteiger partial charge in [0.05, 0.1) is 0 Å². The number of hydrogen-bond donors (Lipinski definition) is 1. The Labute approximate surface area is 103 Å². The van der Waals surface area contributed by atoms with Gasteiger partial charge in [-0.05, 0) is 37.0 Å². The average molecular weight is 232 g/mol. The van der Waals surface area contributed by atoms with E-state index < -0.39 is 0 Å². The maximum Gasteiger partial charge on any atom is 0.227 e. The summed E-state index contributed by atoms with van der Waals surface area (Å²) in [4.78, 5) is 14.0. The van der Waals surface area contributed by atoms with E-state index in [2.05, 4.69) is 0 Å². The van der Waals surface area contributed by atoms with Crippen LogP contribution in [0.1, 0.15) is 38.2 Å². The van der Waals surface area contributed by atoms with Crippen LogP contribution >= 0.6 is 0 Å². The summed E-state index contributed by atoms with van der Waals surface area (Å²) in [7, 11) is 0. The smallest absolute Gasteiger partial charge is 0.227 e. The second kappa shape index (κ2) is 5.32. The summed E-state index contributed by atoms with van der Waals surface area (Å²) in [6.07, 6.45) is 3.81. The van der Waals surface area contributed by atoms with Crippen molar-refractivity contribution in [3.8, 4) is 0 Å². The molecule has 0 atom stereocenters. The molecule has 0 unspecified atom stereocenters. The van der Waals surface area contributed by atoms with Crippen molar-refractivity contribution in [1.29, 1.82) is 0 Å². The van der Waals surface area contributed by atoms with E-state index in [4.69, 9.17) is 5.73 Å². The van der Waals surface area contributed by atoms with Crippen LogP contribution in [0.15, 0.2) is 24.3 Å². The third kappa shape index (κ3) is 2.86. The molecule has 1 fully saturated rings. The van der Waals surface area contributed by atoms with E-state index in [1.165, 1.54) is 0 Å². The molecule has 1 aliphatic carbocycles. The first kappa shape index (κ1) is 12.1. The van der Waals surface area contributed by atoms with Crippen LogP contribution in [0.4, 0.5) is 5.69 Å². The van der Waals surface area contributed by atoms with Crippen molar-refractivity contribution < 1.29 is 4.79 Å². The van der Waals surface area contributed by atoms with Gasteiger partial charge < -0.3 is 10.6 Å². The molecule has 2 rings (SSSR count). The number of benzene rings is 1. The zero-order valence-electron chi connectivity index (χ0n) is 10.4. The van der Waals surface area contributed by atoms with Crippen LogP contribution in [0.3, 0.4) is 0 Å². The Bertz CT molecular complexity index is 382. The highest BCUT2D eigenvalue weighted by Crippen LogP contribution is 2.32. The maximum atomic E-state index is 12.1. The molecular formula is C14H20N2O. The van der Waals surface area contributed by atoms with Crippen molar-refractivity contribution in [2.24, 2.45) is 5.73 Å². The minimum Gasteiger partial charge on any atom is -0.326 e. The fourth-order valence-corrected chi connectivity index (χ4v) is 2.02. The normalized spacial score (nSPS) is 14.7. The molecular weight excluding hydrogens is 212 g/mol. The van der Waals surface area contributed by atoms with Crippen LogP contribution in [0, 0.1) is 0 Å². The minimum atomic E-state index is 0.246. The monoisotopic (exact) mass is 232 g/mol. The van der Waals surface area contributed by atoms with Crippen LogP contribution < -0.4 is 10.6 Å². The Morgan fingerprint density at radius 3 is 2.47 bits per heavy atom.